The van der Waals surface area contributed by atoms with E-state index in [4.69, 9.17) is 0 Å². The van der Waals surface area contributed by atoms with E-state index in [2.05, 4.69) is 20.1 Å². The Morgan fingerprint density at radius 1 is 1.06 bits per heavy atom. The third kappa shape index (κ3) is 4.31. The van der Waals surface area contributed by atoms with E-state index in [1.54, 1.807) is 11.1 Å². The topological polar surface area (TPSA) is 80.1 Å². The van der Waals surface area contributed by atoms with Crippen molar-refractivity contribution >= 4 is 23.6 Å². The summed E-state index contributed by atoms with van der Waals surface area (Å²) in [4.78, 5) is 26.9. The molecule has 33 heavy (non-hydrogen) atoms. The molecule has 3 heterocycles. The van der Waals surface area contributed by atoms with Crippen molar-refractivity contribution in [2.75, 3.05) is 5.32 Å². The van der Waals surface area contributed by atoms with Crippen LogP contribution in [-0.4, -0.2) is 31.5 Å². The van der Waals surface area contributed by atoms with Gasteiger partial charge in [0.25, 0.3) is 0 Å². The van der Waals surface area contributed by atoms with E-state index >= 15 is 0 Å². The minimum absolute atomic E-state index is 0.0898. The Balaban J connectivity index is 1.35. The first-order valence-corrected chi connectivity index (χ1v) is 11.5. The lowest BCUT2D eigenvalue weighted by molar-refractivity contribution is -0.129. The number of aromatic nitrogens is 3. The monoisotopic (exact) mass is 441 g/mol. The Morgan fingerprint density at radius 2 is 1.94 bits per heavy atom. The Kier molecular flexibility index (Phi) is 5.77. The number of aryl methyl sites for hydroxylation is 1. The Hall–Kier alpha value is -3.74. The second kappa shape index (κ2) is 9.02. The molecular weight excluding hydrogens is 414 g/mol. The standard InChI is InChI=1S/C26H27N5O2/c1-18(32)30-15-13-19-8-4-5-11-22(19)23(30)17-25(33)27-21-10-7-9-20(16-21)26-29-28-24-12-3-2-6-14-31(24)26/h4-5,7-11,13,15-16,23H,2-3,6,12,14,17H2,1H3,(H,27,33)/t23-/m0/s1. The van der Waals surface area contributed by atoms with E-state index in [0.717, 1.165) is 54.1 Å². The first kappa shape index (κ1) is 21.1. The molecule has 0 saturated carbocycles. The van der Waals surface area contributed by atoms with Gasteiger partial charge in [0.15, 0.2) is 5.82 Å². The second-order valence-electron chi connectivity index (χ2n) is 8.62. The highest BCUT2D eigenvalue weighted by atomic mass is 16.2. The molecule has 0 bridgehead atoms. The van der Waals surface area contributed by atoms with Gasteiger partial charge in [0.05, 0.1) is 12.5 Å². The van der Waals surface area contributed by atoms with Crippen molar-refractivity contribution in [1.29, 1.82) is 0 Å². The number of nitrogens with zero attached hydrogens (tertiary/aromatic N) is 4. The average molecular weight is 442 g/mol. The summed E-state index contributed by atoms with van der Waals surface area (Å²) in [6.45, 7) is 2.44. The minimum atomic E-state index is -0.334. The summed E-state index contributed by atoms with van der Waals surface area (Å²) < 4.78 is 2.20. The normalized spacial score (nSPS) is 17.1. The molecule has 0 fully saturated rings. The number of rotatable bonds is 4. The summed E-state index contributed by atoms with van der Waals surface area (Å²) in [7, 11) is 0. The predicted molar refractivity (Wildman–Crippen MR) is 127 cm³/mol. The van der Waals surface area contributed by atoms with Crippen LogP contribution in [-0.2, 0) is 22.6 Å². The molecule has 1 aromatic heterocycles. The molecule has 1 N–H and O–H groups in total. The number of hydrogen-bond acceptors (Lipinski definition) is 4. The molecule has 1 atom stereocenters. The third-order valence-electron chi connectivity index (χ3n) is 6.36. The summed E-state index contributed by atoms with van der Waals surface area (Å²) in [6.07, 6.45) is 8.27. The number of anilines is 1. The van der Waals surface area contributed by atoms with Crippen molar-refractivity contribution in [2.24, 2.45) is 0 Å². The van der Waals surface area contributed by atoms with Gasteiger partial charge in [0.1, 0.15) is 5.82 Å². The van der Waals surface area contributed by atoms with Crippen LogP contribution in [0.4, 0.5) is 5.69 Å². The van der Waals surface area contributed by atoms with Crippen LogP contribution in [0.1, 0.15) is 55.6 Å². The summed E-state index contributed by atoms with van der Waals surface area (Å²) >= 11 is 0. The SMILES string of the molecule is CC(=O)N1C=Cc2ccccc2[C@@H]1CC(=O)Nc1cccc(-c2nnc3n2CCCCC3)c1. The number of amides is 2. The van der Waals surface area contributed by atoms with Gasteiger partial charge in [-0.3, -0.25) is 9.59 Å². The van der Waals surface area contributed by atoms with Gasteiger partial charge in [0, 0.05) is 37.3 Å². The number of carbonyl (C=O) groups excluding carboxylic acids is 2. The van der Waals surface area contributed by atoms with Gasteiger partial charge >= 0.3 is 0 Å². The molecule has 168 valence electrons. The van der Waals surface area contributed by atoms with Gasteiger partial charge in [-0.25, -0.2) is 0 Å². The third-order valence-corrected chi connectivity index (χ3v) is 6.36. The quantitative estimate of drug-likeness (QED) is 0.643. The van der Waals surface area contributed by atoms with Crippen molar-refractivity contribution in [2.45, 2.75) is 51.6 Å². The Labute approximate surface area is 193 Å². The number of nitrogens with one attached hydrogen (secondary N) is 1. The van der Waals surface area contributed by atoms with Crippen LogP contribution in [0, 0.1) is 0 Å². The fraction of sp³-hybridized carbons (Fsp3) is 0.308. The maximum Gasteiger partial charge on any atom is 0.226 e. The Morgan fingerprint density at radius 3 is 2.82 bits per heavy atom. The number of hydrogen-bond donors (Lipinski definition) is 1. The summed E-state index contributed by atoms with van der Waals surface area (Å²) in [5.41, 5.74) is 3.65. The largest absolute Gasteiger partial charge is 0.326 e. The summed E-state index contributed by atoms with van der Waals surface area (Å²) in [5.74, 6) is 1.64. The molecule has 2 aliphatic heterocycles. The molecule has 5 rings (SSSR count). The highest BCUT2D eigenvalue weighted by molar-refractivity contribution is 5.92. The van der Waals surface area contributed by atoms with Gasteiger partial charge in [-0.1, -0.05) is 42.8 Å². The van der Waals surface area contributed by atoms with E-state index in [9.17, 15) is 9.59 Å². The molecule has 7 heteroatoms. The van der Waals surface area contributed by atoms with Crippen molar-refractivity contribution in [3.8, 4) is 11.4 Å². The summed E-state index contributed by atoms with van der Waals surface area (Å²) in [6, 6.07) is 15.3. The number of benzene rings is 2. The van der Waals surface area contributed by atoms with Crippen LogP contribution in [0.2, 0.25) is 0 Å². The highest BCUT2D eigenvalue weighted by Crippen LogP contribution is 2.33. The van der Waals surface area contributed by atoms with E-state index in [1.165, 1.54) is 13.3 Å². The first-order chi connectivity index (χ1) is 16.1. The summed E-state index contributed by atoms with van der Waals surface area (Å²) in [5, 5.41) is 11.8. The molecule has 0 unspecified atom stereocenters. The zero-order chi connectivity index (χ0) is 22.8. The van der Waals surface area contributed by atoms with Crippen molar-refractivity contribution in [3.05, 3.63) is 71.7 Å². The van der Waals surface area contributed by atoms with E-state index < -0.39 is 0 Å². The minimum Gasteiger partial charge on any atom is -0.326 e. The molecule has 2 amide bonds. The van der Waals surface area contributed by atoms with Crippen molar-refractivity contribution < 1.29 is 9.59 Å². The Bertz CT molecular complexity index is 1230. The molecule has 0 spiro atoms. The molecule has 3 aromatic rings. The predicted octanol–water partition coefficient (Wildman–Crippen LogP) is 4.57. The van der Waals surface area contributed by atoms with Crippen molar-refractivity contribution in [1.82, 2.24) is 19.7 Å². The van der Waals surface area contributed by atoms with Gasteiger partial charge < -0.3 is 14.8 Å². The lowest BCUT2D eigenvalue weighted by Crippen LogP contribution is -2.33. The maximum atomic E-state index is 13.0. The van der Waals surface area contributed by atoms with Crippen LogP contribution in [0.5, 0.6) is 0 Å². The van der Waals surface area contributed by atoms with Crippen LogP contribution in [0.15, 0.2) is 54.7 Å². The molecule has 7 nitrogen and oxygen atoms in total. The highest BCUT2D eigenvalue weighted by Gasteiger charge is 2.28. The lowest BCUT2D eigenvalue weighted by atomic mass is 9.93. The zero-order valence-corrected chi connectivity index (χ0v) is 18.7. The maximum absolute atomic E-state index is 13.0. The fourth-order valence-corrected chi connectivity index (χ4v) is 4.74. The van der Waals surface area contributed by atoms with Crippen LogP contribution in [0.25, 0.3) is 17.5 Å². The second-order valence-corrected chi connectivity index (χ2v) is 8.62. The molecular formula is C26H27N5O2. The van der Waals surface area contributed by atoms with Crippen LogP contribution < -0.4 is 5.32 Å². The van der Waals surface area contributed by atoms with E-state index in [0.29, 0.717) is 5.69 Å². The molecule has 0 radical (unpaired) electrons. The van der Waals surface area contributed by atoms with E-state index in [-0.39, 0.29) is 24.3 Å². The van der Waals surface area contributed by atoms with E-state index in [1.807, 2.05) is 54.6 Å². The van der Waals surface area contributed by atoms with Gasteiger partial charge in [0.2, 0.25) is 11.8 Å². The van der Waals surface area contributed by atoms with Gasteiger partial charge in [-0.15, -0.1) is 10.2 Å². The first-order valence-electron chi connectivity index (χ1n) is 11.5. The number of carbonyl (C=O) groups is 2. The molecule has 2 aromatic carbocycles. The van der Waals surface area contributed by atoms with Crippen LogP contribution >= 0.6 is 0 Å². The number of fused-ring (bicyclic) bond motifs is 2. The molecule has 0 saturated heterocycles. The smallest absolute Gasteiger partial charge is 0.226 e. The van der Waals surface area contributed by atoms with Gasteiger partial charge in [-0.05, 0) is 42.2 Å². The fourth-order valence-electron chi connectivity index (χ4n) is 4.74. The molecule has 2 aliphatic rings. The lowest BCUT2D eigenvalue weighted by Gasteiger charge is -2.32. The van der Waals surface area contributed by atoms with Crippen LogP contribution in [0.3, 0.4) is 0 Å². The molecule has 0 aliphatic carbocycles. The van der Waals surface area contributed by atoms with Gasteiger partial charge in [-0.2, -0.15) is 0 Å². The van der Waals surface area contributed by atoms with Crippen molar-refractivity contribution in [3.63, 3.8) is 0 Å². The zero-order valence-electron chi connectivity index (χ0n) is 18.7. The average Bonchev–Trinajstić information content (AvgIpc) is 3.07.